The SMILES string of the molecule is CCC.CCCPCCC.CCCPCCC. The Labute approximate surface area is 116 Å². The topological polar surface area (TPSA) is 0 Å². The molecule has 0 radical (unpaired) electrons. The first-order valence-electron chi connectivity index (χ1n) is 7.66. The second-order valence-electron chi connectivity index (χ2n) is 4.21. The van der Waals surface area contributed by atoms with Gasteiger partial charge in [-0.3, -0.25) is 0 Å². The Morgan fingerprint density at radius 3 is 0.765 bits per heavy atom. The van der Waals surface area contributed by atoms with E-state index in [4.69, 9.17) is 0 Å². The monoisotopic (exact) mass is 280 g/mol. The molecule has 0 N–H and O–H groups in total. The highest BCUT2D eigenvalue weighted by Crippen LogP contribution is 2.11. The Kier molecular flexibility index (Phi) is 40.8. The summed E-state index contributed by atoms with van der Waals surface area (Å²) in [6.45, 7) is 13.3. The molecule has 0 amide bonds. The molecular formula is C15H38P2. The zero-order chi connectivity index (χ0) is 13.8. The van der Waals surface area contributed by atoms with E-state index >= 15 is 0 Å². The Morgan fingerprint density at radius 1 is 0.471 bits per heavy atom. The molecule has 0 nitrogen and oxygen atoms in total. The van der Waals surface area contributed by atoms with E-state index < -0.39 is 0 Å². The van der Waals surface area contributed by atoms with E-state index in [1.165, 1.54) is 73.9 Å². The molecule has 0 saturated heterocycles. The largest absolute Gasteiger partial charge is 0.122 e. The van der Waals surface area contributed by atoms with Crippen LogP contribution >= 0.6 is 17.2 Å². The Morgan fingerprint density at radius 2 is 0.647 bits per heavy atom. The molecule has 2 heteroatoms. The van der Waals surface area contributed by atoms with Crippen LogP contribution in [0.4, 0.5) is 0 Å². The van der Waals surface area contributed by atoms with Gasteiger partial charge in [-0.15, -0.1) is 17.2 Å². The maximum Gasteiger partial charge on any atom is -0.0356 e. The molecule has 0 unspecified atom stereocenters. The van der Waals surface area contributed by atoms with Crippen LogP contribution in [-0.4, -0.2) is 24.6 Å². The minimum Gasteiger partial charge on any atom is -0.122 e. The van der Waals surface area contributed by atoms with Crippen molar-refractivity contribution in [2.24, 2.45) is 0 Å². The molecule has 17 heavy (non-hydrogen) atoms. The van der Waals surface area contributed by atoms with Crippen LogP contribution < -0.4 is 0 Å². The fourth-order valence-electron chi connectivity index (χ4n) is 0.957. The third-order valence-electron chi connectivity index (χ3n) is 1.71. The van der Waals surface area contributed by atoms with Crippen LogP contribution in [-0.2, 0) is 0 Å². The van der Waals surface area contributed by atoms with Gasteiger partial charge >= 0.3 is 0 Å². The molecule has 0 bridgehead atoms. The third-order valence-corrected chi connectivity index (χ3v) is 5.12. The van der Waals surface area contributed by atoms with E-state index in [2.05, 4.69) is 41.5 Å². The van der Waals surface area contributed by atoms with Gasteiger partial charge in [0.1, 0.15) is 0 Å². The van der Waals surface area contributed by atoms with Gasteiger partial charge in [-0.05, 0) is 24.6 Å². The molecule has 0 fully saturated rings. The molecule has 0 heterocycles. The minimum absolute atomic E-state index is 1.23. The lowest BCUT2D eigenvalue weighted by Gasteiger charge is -1.91. The number of hydrogen-bond donors (Lipinski definition) is 0. The summed E-state index contributed by atoms with van der Waals surface area (Å²) in [7, 11) is 2.46. The van der Waals surface area contributed by atoms with Gasteiger partial charge in [-0.1, -0.05) is 73.6 Å². The molecule has 0 saturated carbocycles. The Hall–Kier alpha value is 0.860. The average molecular weight is 280 g/mol. The first-order chi connectivity index (χ1) is 8.24. The van der Waals surface area contributed by atoms with Crippen LogP contribution in [0.1, 0.15) is 73.6 Å². The first-order valence-corrected chi connectivity index (χ1v) is 10.5. The van der Waals surface area contributed by atoms with Crippen molar-refractivity contribution in [3.05, 3.63) is 0 Å². The fourth-order valence-corrected chi connectivity index (χ4v) is 2.87. The molecule has 0 aliphatic rings. The van der Waals surface area contributed by atoms with Gasteiger partial charge < -0.3 is 0 Å². The Bertz CT molecular complexity index is 67.0. The van der Waals surface area contributed by atoms with Crippen molar-refractivity contribution in [1.82, 2.24) is 0 Å². The van der Waals surface area contributed by atoms with Crippen molar-refractivity contribution in [3.63, 3.8) is 0 Å². The average Bonchev–Trinajstić information content (AvgIpc) is 2.32. The standard InChI is InChI=1S/2C6H15P.C3H8/c2*1-3-5-7-6-4-2;1-3-2/h2*7H,3-6H2,1-2H3;3H2,1-2H3. The predicted molar refractivity (Wildman–Crippen MR) is 93.2 cm³/mol. The minimum atomic E-state index is 1.23. The van der Waals surface area contributed by atoms with Crippen LogP contribution in [0.15, 0.2) is 0 Å². The zero-order valence-electron chi connectivity index (χ0n) is 13.4. The lowest BCUT2D eigenvalue weighted by Crippen LogP contribution is -1.72. The molecule has 0 atom stereocenters. The summed E-state index contributed by atoms with van der Waals surface area (Å²) >= 11 is 0. The number of rotatable bonds is 8. The van der Waals surface area contributed by atoms with Gasteiger partial charge in [0.05, 0.1) is 0 Å². The zero-order valence-corrected chi connectivity index (χ0v) is 15.4. The first kappa shape index (κ1) is 23.0. The van der Waals surface area contributed by atoms with Crippen molar-refractivity contribution < 1.29 is 0 Å². The summed E-state index contributed by atoms with van der Waals surface area (Å²) in [5.41, 5.74) is 0. The van der Waals surface area contributed by atoms with E-state index in [0.29, 0.717) is 0 Å². The van der Waals surface area contributed by atoms with Gasteiger partial charge in [0, 0.05) is 0 Å². The predicted octanol–water partition coefficient (Wildman–Crippen LogP) is 6.39. The van der Waals surface area contributed by atoms with Crippen molar-refractivity contribution in [2.45, 2.75) is 73.6 Å². The van der Waals surface area contributed by atoms with Crippen LogP contribution in [0.25, 0.3) is 0 Å². The van der Waals surface area contributed by atoms with Gasteiger partial charge in [0.25, 0.3) is 0 Å². The third kappa shape index (κ3) is 47.4. The molecular weight excluding hydrogens is 242 g/mol. The van der Waals surface area contributed by atoms with E-state index in [-0.39, 0.29) is 0 Å². The highest BCUT2D eigenvalue weighted by atomic mass is 31.1. The van der Waals surface area contributed by atoms with Crippen LogP contribution in [0, 0.1) is 0 Å². The van der Waals surface area contributed by atoms with Crippen molar-refractivity contribution >= 4 is 17.2 Å². The lowest BCUT2D eigenvalue weighted by atomic mass is 10.6. The molecule has 0 rings (SSSR count). The highest BCUT2D eigenvalue weighted by molar-refractivity contribution is 7.38. The number of hydrogen-bond acceptors (Lipinski definition) is 0. The van der Waals surface area contributed by atoms with E-state index in [9.17, 15) is 0 Å². The van der Waals surface area contributed by atoms with Crippen LogP contribution in [0.3, 0.4) is 0 Å². The highest BCUT2D eigenvalue weighted by Gasteiger charge is 1.79. The van der Waals surface area contributed by atoms with Crippen LogP contribution in [0.2, 0.25) is 0 Å². The second kappa shape index (κ2) is 30.2. The van der Waals surface area contributed by atoms with E-state index in [1.54, 1.807) is 0 Å². The van der Waals surface area contributed by atoms with Crippen molar-refractivity contribution in [3.8, 4) is 0 Å². The summed E-state index contributed by atoms with van der Waals surface area (Å²) in [6.07, 6.45) is 12.6. The molecule has 108 valence electrons. The summed E-state index contributed by atoms with van der Waals surface area (Å²) in [5, 5.41) is 0. The maximum atomic E-state index is 2.25. The van der Waals surface area contributed by atoms with Crippen molar-refractivity contribution in [2.75, 3.05) is 24.6 Å². The summed E-state index contributed by atoms with van der Waals surface area (Å²) in [5.74, 6) is 0. The molecule has 0 aromatic rings. The maximum absolute atomic E-state index is 2.25. The van der Waals surface area contributed by atoms with Gasteiger partial charge in [-0.25, -0.2) is 0 Å². The summed E-state index contributed by atoms with van der Waals surface area (Å²) in [4.78, 5) is 0. The lowest BCUT2D eigenvalue weighted by molar-refractivity contribution is 1.07. The molecule has 0 aromatic carbocycles. The molecule has 0 aliphatic heterocycles. The fraction of sp³-hybridized carbons (Fsp3) is 1.00. The summed E-state index contributed by atoms with van der Waals surface area (Å²) < 4.78 is 0. The molecule has 0 aromatic heterocycles. The second-order valence-corrected chi connectivity index (χ2v) is 7.21. The van der Waals surface area contributed by atoms with E-state index in [0.717, 1.165) is 0 Å². The van der Waals surface area contributed by atoms with Crippen molar-refractivity contribution in [1.29, 1.82) is 0 Å². The normalized spacial score (nSPS) is 8.82. The molecule has 0 spiro atoms. The Balaban J connectivity index is -0.000000188. The van der Waals surface area contributed by atoms with Gasteiger partial charge in [-0.2, -0.15) is 0 Å². The summed E-state index contributed by atoms with van der Waals surface area (Å²) in [6, 6.07) is 0. The van der Waals surface area contributed by atoms with Gasteiger partial charge in [0.15, 0.2) is 0 Å². The molecule has 0 aliphatic carbocycles. The van der Waals surface area contributed by atoms with Crippen LogP contribution in [0.5, 0.6) is 0 Å². The van der Waals surface area contributed by atoms with Gasteiger partial charge in [0.2, 0.25) is 0 Å². The van der Waals surface area contributed by atoms with E-state index in [1.807, 2.05) is 0 Å². The smallest absolute Gasteiger partial charge is 0.0356 e. The quantitative estimate of drug-likeness (QED) is 0.357.